The van der Waals surface area contributed by atoms with E-state index in [0.29, 0.717) is 17.1 Å². The van der Waals surface area contributed by atoms with Crippen LogP contribution in [-0.2, 0) is 17.4 Å². The third kappa shape index (κ3) is 5.47. The lowest BCUT2D eigenvalue weighted by molar-refractivity contribution is -0.890. The van der Waals surface area contributed by atoms with Gasteiger partial charge in [-0.15, -0.1) is 0 Å². The van der Waals surface area contributed by atoms with Crippen molar-refractivity contribution >= 4 is 17.5 Å². The van der Waals surface area contributed by atoms with E-state index in [2.05, 4.69) is 5.32 Å². The highest BCUT2D eigenvalue weighted by Crippen LogP contribution is 2.29. The molecule has 1 atom stereocenters. The van der Waals surface area contributed by atoms with Crippen LogP contribution < -0.4 is 10.2 Å². The number of amides is 1. The number of alkyl halides is 3. The predicted molar refractivity (Wildman–Crippen MR) is 95.2 cm³/mol. The number of nitrogens with one attached hydrogen (secondary N) is 2. The number of rotatable bonds is 6. The van der Waals surface area contributed by atoms with Gasteiger partial charge in [-0.05, 0) is 17.7 Å². The fourth-order valence-electron chi connectivity index (χ4n) is 2.70. The summed E-state index contributed by atoms with van der Waals surface area (Å²) in [7, 11) is 3.90. The molecule has 7 heteroatoms. The van der Waals surface area contributed by atoms with Crippen LogP contribution in [0.3, 0.4) is 0 Å². The average Bonchev–Trinajstić information content (AvgIpc) is 2.56. The van der Waals surface area contributed by atoms with Crippen LogP contribution in [0.4, 0.5) is 13.2 Å². The maximum absolute atomic E-state index is 12.8. The molecule has 0 saturated carbocycles. The number of likely N-dealkylation sites (N-methyl/N-ethyl adjacent to an activating group) is 1. The number of hydrogen-bond donors (Lipinski definition) is 2. The van der Waals surface area contributed by atoms with Crippen molar-refractivity contribution in [3.63, 3.8) is 0 Å². The SMILES string of the molecule is C[NH+](C)[C@H](CNC(=O)Cc1cccc(C(F)(F)F)c1)c1ccccc1Cl. The molecule has 2 N–H and O–H groups in total. The number of quaternary nitrogens is 1. The molecule has 0 aliphatic rings. The zero-order chi connectivity index (χ0) is 19.3. The molecular weight excluding hydrogens is 365 g/mol. The summed E-state index contributed by atoms with van der Waals surface area (Å²) in [6, 6.07) is 12.2. The van der Waals surface area contributed by atoms with Gasteiger partial charge in [0.05, 0.1) is 32.6 Å². The zero-order valence-corrected chi connectivity index (χ0v) is 15.3. The van der Waals surface area contributed by atoms with Crippen LogP contribution in [0.25, 0.3) is 0 Å². The van der Waals surface area contributed by atoms with Gasteiger partial charge in [-0.25, -0.2) is 0 Å². The first-order valence-corrected chi connectivity index (χ1v) is 8.53. The quantitative estimate of drug-likeness (QED) is 0.787. The largest absolute Gasteiger partial charge is 0.416 e. The smallest absolute Gasteiger partial charge is 0.349 e. The Kier molecular flexibility index (Phi) is 6.67. The zero-order valence-electron chi connectivity index (χ0n) is 14.5. The van der Waals surface area contributed by atoms with Crippen LogP contribution in [0.5, 0.6) is 0 Å². The number of carbonyl (C=O) groups excluding carboxylic acids is 1. The van der Waals surface area contributed by atoms with Crippen LogP contribution >= 0.6 is 11.6 Å². The van der Waals surface area contributed by atoms with Gasteiger partial charge in [-0.3, -0.25) is 4.79 Å². The normalized spacial score (nSPS) is 12.9. The fraction of sp³-hybridized carbons (Fsp3) is 0.316. The van der Waals surface area contributed by atoms with E-state index in [0.717, 1.165) is 22.6 Å². The van der Waals surface area contributed by atoms with Gasteiger partial charge < -0.3 is 10.2 Å². The predicted octanol–water partition coefficient (Wildman–Crippen LogP) is 2.90. The van der Waals surface area contributed by atoms with Crippen molar-refractivity contribution in [3.05, 3.63) is 70.2 Å². The number of halogens is 4. The highest BCUT2D eigenvalue weighted by atomic mass is 35.5. The second-order valence-electron chi connectivity index (χ2n) is 6.33. The Hall–Kier alpha value is -2.05. The Morgan fingerprint density at radius 2 is 1.85 bits per heavy atom. The minimum atomic E-state index is -4.42. The molecule has 3 nitrogen and oxygen atoms in total. The van der Waals surface area contributed by atoms with Crippen molar-refractivity contribution < 1.29 is 22.9 Å². The summed E-state index contributed by atoms with van der Waals surface area (Å²) < 4.78 is 38.3. The monoisotopic (exact) mass is 385 g/mol. The first kappa shape index (κ1) is 20.3. The molecule has 0 heterocycles. The summed E-state index contributed by atoms with van der Waals surface area (Å²) in [5.41, 5.74) is 0.479. The van der Waals surface area contributed by atoms with Crippen LogP contribution in [0.1, 0.15) is 22.7 Å². The van der Waals surface area contributed by atoms with Gasteiger partial charge in [0, 0.05) is 10.6 Å². The van der Waals surface area contributed by atoms with Crippen LogP contribution in [0.2, 0.25) is 5.02 Å². The van der Waals surface area contributed by atoms with E-state index in [1.54, 1.807) is 6.07 Å². The molecule has 0 bridgehead atoms. The average molecular weight is 386 g/mol. The molecule has 1 amide bonds. The van der Waals surface area contributed by atoms with E-state index >= 15 is 0 Å². The van der Waals surface area contributed by atoms with Crippen molar-refractivity contribution in [1.29, 1.82) is 0 Å². The second-order valence-corrected chi connectivity index (χ2v) is 6.74. The number of hydrogen-bond acceptors (Lipinski definition) is 1. The molecule has 0 unspecified atom stereocenters. The minimum absolute atomic E-state index is 0.0610. The second kappa shape index (κ2) is 8.56. The van der Waals surface area contributed by atoms with Crippen molar-refractivity contribution in [2.75, 3.05) is 20.6 Å². The lowest BCUT2D eigenvalue weighted by atomic mass is 10.1. The van der Waals surface area contributed by atoms with Gasteiger partial charge in [0.2, 0.25) is 5.91 Å². The molecule has 140 valence electrons. The molecule has 2 aromatic rings. The topological polar surface area (TPSA) is 33.5 Å². The van der Waals surface area contributed by atoms with Gasteiger partial charge in [0.15, 0.2) is 0 Å². The molecule has 26 heavy (non-hydrogen) atoms. The molecule has 0 aliphatic carbocycles. The van der Waals surface area contributed by atoms with Crippen LogP contribution in [0.15, 0.2) is 48.5 Å². The van der Waals surface area contributed by atoms with Crippen molar-refractivity contribution in [2.45, 2.75) is 18.6 Å². The Morgan fingerprint density at radius 3 is 2.46 bits per heavy atom. The Balaban J connectivity index is 2.02. The first-order valence-electron chi connectivity index (χ1n) is 8.16. The lowest BCUT2D eigenvalue weighted by Gasteiger charge is -2.23. The van der Waals surface area contributed by atoms with Gasteiger partial charge in [0.25, 0.3) is 0 Å². The summed E-state index contributed by atoms with van der Waals surface area (Å²) in [5.74, 6) is -0.331. The maximum atomic E-state index is 12.8. The highest BCUT2D eigenvalue weighted by molar-refractivity contribution is 6.31. The van der Waals surface area contributed by atoms with Crippen molar-refractivity contribution in [2.24, 2.45) is 0 Å². The molecule has 0 aromatic heterocycles. The van der Waals surface area contributed by atoms with E-state index in [4.69, 9.17) is 11.6 Å². The first-order chi connectivity index (χ1) is 12.2. The van der Waals surface area contributed by atoms with Crippen molar-refractivity contribution in [1.82, 2.24) is 5.32 Å². The highest BCUT2D eigenvalue weighted by Gasteiger charge is 2.30. The summed E-state index contributed by atoms with van der Waals surface area (Å²) in [4.78, 5) is 13.3. The third-order valence-corrected chi connectivity index (χ3v) is 4.44. The van der Waals surface area contributed by atoms with Crippen molar-refractivity contribution in [3.8, 4) is 0 Å². The van der Waals surface area contributed by atoms with E-state index < -0.39 is 11.7 Å². The minimum Gasteiger partial charge on any atom is -0.349 e. The lowest BCUT2D eigenvalue weighted by Crippen LogP contribution is -3.07. The molecule has 0 spiro atoms. The summed E-state index contributed by atoms with van der Waals surface area (Å²) in [6.07, 6.45) is -4.53. The summed E-state index contributed by atoms with van der Waals surface area (Å²) in [6.45, 7) is 0.337. The Labute approximate surface area is 155 Å². The van der Waals surface area contributed by atoms with E-state index in [1.165, 1.54) is 12.1 Å². The summed E-state index contributed by atoms with van der Waals surface area (Å²) in [5, 5.41) is 3.41. The van der Waals surface area contributed by atoms with Gasteiger partial charge in [0.1, 0.15) is 6.04 Å². The van der Waals surface area contributed by atoms with Gasteiger partial charge >= 0.3 is 6.18 Å². The van der Waals surface area contributed by atoms with Crippen LogP contribution in [-0.4, -0.2) is 26.5 Å². The van der Waals surface area contributed by atoms with Gasteiger partial charge in [-0.1, -0.05) is 48.0 Å². The molecule has 2 rings (SSSR count). The Bertz CT molecular complexity index is 762. The van der Waals surface area contributed by atoms with E-state index in [9.17, 15) is 18.0 Å². The fourth-order valence-corrected chi connectivity index (χ4v) is 2.97. The van der Waals surface area contributed by atoms with E-state index in [-0.39, 0.29) is 18.4 Å². The summed E-state index contributed by atoms with van der Waals surface area (Å²) >= 11 is 6.24. The van der Waals surface area contributed by atoms with Gasteiger partial charge in [-0.2, -0.15) is 13.2 Å². The molecule has 0 fully saturated rings. The third-order valence-electron chi connectivity index (χ3n) is 4.10. The van der Waals surface area contributed by atoms with E-state index in [1.807, 2.05) is 32.3 Å². The standard InChI is InChI=1S/C19H20ClF3N2O/c1-25(2)17(15-8-3-4-9-16(15)20)12-24-18(26)11-13-6-5-7-14(10-13)19(21,22)23/h3-10,17H,11-12H2,1-2H3,(H,24,26)/p+1/t17-/m1/s1. The molecule has 0 saturated heterocycles. The molecular formula is C19H21ClF3N2O+. The molecule has 2 aromatic carbocycles. The Morgan fingerprint density at radius 1 is 1.15 bits per heavy atom. The number of benzene rings is 2. The maximum Gasteiger partial charge on any atom is 0.416 e. The number of carbonyl (C=O) groups is 1. The van der Waals surface area contributed by atoms with Crippen LogP contribution in [0, 0.1) is 0 Å². The molecule has 0 aliphatic heterocycles. The molecule has 0 radical (unpaired) electrons.